The van der Waals surface area contributed by atoms with E-state index in [4.69, 9.17) is 9.47 Å². The van der Waals surface area contributed by atoms with E-state index < -0.39 is 0 Å². The van der Waals surface area contributed by atoms with Gasteiger partial charge in [0.05, 0.1) is 14.2 Å². The van der Waals surface area contributed by atoms with Crippen molar-refractivity contribution in [3.8, 4) is 11.5 Å². The minimum absolute atomic E-state index is 0.271. The van der Waals surface area contributed by atoms with Gasteiger partial charge in [0.15, 0.2) is 0 Å². The highest BCUT2D eigenvalue weighted by Crippen LogP contribution is 2.38. The zero-order chi connectivity index (χ0) is 15.8. The molecule has 0 aromatic heterocycles. The molecule has 1 aromatic carbocycles. The third-order valence-corrected chi connectivity index (χ3v) is 4.87. The summed E-state index contributed by atoms with van der Waals surface area (Å²) < 4.78 is 10.7. The van der Waals surface area contributed by atoms with Gasteiger partial charge >= 0.3 is 0 Å². The molecule has 0 aliphatic heterocycles. The van der Waals surface area contributed by atoms with E-state index in [1.807, 2.05) is 18.2 Å². The van der Waals surface area contributed by atoms with Gasteiger partial charge in [0.25, 0.3) is 0 Å². The molecule has 0 heterocycles. The summed E-state index contributed by atoms with van der Waals surface area (Å²) in [4.78, 5) is 0. The zero-order valence-electron chi connectivity index (χ0n) is 13.9. The Kier molecular flexibility index (Phi) is 6.52. The van der Waals surface area contributed by atoms with Crippen LogP contribution in [0.3, 0.4) is 0 Å². The number of aliphatic hydroxyl groups is 1. The van der Waals surface area contributed by atoms with Crippen LogP contribution in [0.5, 0.6) is 11.5 Å². The third kappa shape index (κ3) is 4.37. The minimum atomic E-state index is 0.271. The summed E-state index contributed by atoms with van der Waals surface area (Å²) in [6, 6.07) is 5.93. The number of hydrogen-bond acceptors (Lipinski definition) is 4. The molecule has 0 amide bonds. The molecule has 0 saturated heterocycles. The van der Waals surface area contributed by atoms with Crippen LogP contribution >= 0.6 is 0 Å². The predicted octanol–water partition coefficient (Wildman–Crippen LogP) is 3.13. The molecule has 0 atom stereocenters. The molecule has 2 rings (SSSR count). The fourth-order valence-electron chi connectivity index (χ4n) is 3.51. The molecule has 1 saturated carbocycles. The molecule has 2 N–H and O–H groups in total. The normalized spacial score (nSPS) is 17.2. The van der Waals surface area contributed by atoms with Crippen molar-refractivity contribution in [1.29, 1.82) is 0 Å². The molecule has 0 bridgehead atoms. The molecule has 4 nitrogen and oxygen atoms in total. The highest BCUT2D eigenvalue weighted by molar-refractivity contribution is 5.40. The molecule has 4 heteroatoms. The Balaban J connectivity index is 1.94. The van der Waals surface area contributed by atoms with E-state index in [2.05, 4.69) is 5.32 Å². The summed E-state index contributed by atoms with van der Waals surface area (Å²) in [6.07, 6.45) is 7.25. The fourth-order valence-corrected chi connectivity index (χ4v) is 3.51. The first kappa shape index (κ1) is 17.1. The maximum Gasteiger partial charge on any atom is 0.127 e. The van der Waals surface area contributed by atoms with E-state index in [9.17, 15) is 5.11 Å². The van der Waals surface area contributed by atoms with Gasteiger partial charge in [0.2, 0.25) is 0 Å². The number of rotatable bonds is 8. The first-order valence-corrected chi connectivity index (χ1v) is 8.25. The summed E-state index contributed by atoms with van der Waals surface area (Å²) >= 11 is 0. The summed E-state index contributed by atoms with van der Waals surface area (Å²) in [5, 5.41) is 13.0. The molecule has 1 aliphatic rings. The number of nitrogens with one attached hydrogen (secondary N) is 1. The van der Waals surface area contributed by atoms with Crippen LogP contribution in [0.4, 0.5) is 0 Å². The number of hydrogen-bond donors (Lipinski definition) is 2. The van der Waals surface area contributed by atoms with Gasteiger partial charge < -0.3 is 19.9 Å². The number of benzene rings is 1. The van der Waals surface area contributed by atoms with Crippen molar-refractivity contribution in [3.05, 3.63) is 23.8 Å². The van der Waals surface area contributed by atoms with Crippen molar-refractivity contribution in [2.24, 2.45) is 5.41 Å². The molecule has 0 unspecified atom stereocenters. The lowest BCUT2D eigenvalue weighted by Crippen LogP contribution is -2.36. The lowest BCUT2D eigenvalue weighted by atomic mass is 9.72. The number of aliphatic hydroxyl groups excluding tert-OH is 1. The van der Waals surface area contributed by atoms with Gasteiger partial charge in [-0.1, -0.05) is 25.3 Å². The molecule has 1 fully saturated rings. The van der Waals surface area contributed by atoms with Crippen LogP contribution in [0.25, 0.3) is 0 Å². The zero-order valence-corrected chi connectivity index (χ0v) is 13.9. The lowest BCUT2D eigenvalue weighted by Gasteiger charge is -2.37. The highest BCUT2D eigenvalue weighted by atomic mass is 16.5. The quantitative estimate of drug-likeness (QED) is 0.775. The Morgan fingerprint density at radius 1 is 1.14 bits per heavy atom. The molecular formula is C18H29NO3. The largest absolute Gasteiger partial charge is 0.497 e. The topological polar surface area (TPSA) is 50.7 Å². The van der Waals surface area contributed by atoms with Crippen molar-refractivity contribution in [2.75, 3.05) is 27.4 Å². The molecule has 1 aromatic rings. The summed E-state index contributed by atoms with van der Waals surface area (Å²) in [5.74, 6) is 1.66. The predicted molar refractivity (Wildman–Crippen MR) is 88.5 cm³/mol. The Morgan fingerprint density at radius 2 is 1.91 bits per heavy atom. The first-order chi connectivity index (χ1) is 10.7. The monoisotopic (exact) mass is 307 g/mol. The van der Waals surface area contributed by atoms with Crippen molar-refractivity contribution in [1.82, 2.24) is 5.32 Å². The summed E-state index contributed by atoms with van der Waals surface area (Å²) in [7, 11) is 3.35. The average molecular weight is 307 g/mol. The van der Waals surface area contributed by atoms with Crippen molar-refractivity contribution >= 4 is 0 Å². The fraction of sp³-hybridized carbons (Fsp3) is 0.667. The van der Waals surface area contributed by atoms with E-state index in [0.29, 0.717) is 0 Å². The van der Waals surface area contributed by atoms with E-state index >= 15 is 0 Å². The highest BCUT2D eigenvalue weighted by Gasteiger charge is 2.30. The molecular weight excluding hydrogens is 278 g/mol. The van der Waals surface area contributed by atoms with Gasteiger partial charge in [-0.05, 0) is 30.7 Å². The Labute approximate surface area is 133 Å². The van der Waals surface area contributed by atoms with Crippen LogP contribution in [-0.4, -0.2) is 32.5 Å². The molecule has 22 heavy (non-hydrogen) atoms. The van der Waals surface area contributed by atoms with Crippen LogP contribution in [0.1, 0.15) is 44.1 Å². The van der Waals surface area contributed by atoms with Crippen LogP contribution < -0.4 is 14.8 Å². The Morgan fingerprint density at radius 3 is 2.55 bits per heavy atom. The molecule has 0 radical (unpaired) electrons. The standard InChI is InChI=1S/C18H29NO3/c1-21-16-7-6-15(17(12-16)22-2)13-19-14-18(10-11-20)8-4-3-5-9-18/h6-7,12,19-20H,3-5,8-11,13-14H2,1-2H3. The van der Waals surface area contributed by atoms with Crippen LogP contribution in [0.2, 0.25) is 0 Å². The van der Waals surface area contributed by atoms with E-state index in [1.54, 1.807) is 14.2 Å². The molecule has 0 spiro atoms. The lowest BCUT2D eigenvalue weighted by molar-refractivity contribution is 0.126. The first-order valence-electron chi connectivity index (χ1n) is 8.25. The summed E-state index contributed by atoms with van der Waals surface area (Å²) in [6.45, 7) is 2.02. The smallest absolute Gasteiger partial charge is 0.127 e. The second-order valence-electron chi connectivity index (χ2n) is 6.32. The molecule has 1 aliphatic carbocycles. The second kappa shape index (κ2) is 8.39. The maximum absolute atomic E-state index is 9.38. The van der Waals surface area contributed by atoms with Gasteiger partial charge in [-0.25, -0.2) is 0 Å². The van der Waals surface area contributed by atoms with E-state index in [0.717, 1.165) is 36.6 Å². The van der Waals surface area contributed by atoms with Crippen LogP contribution in [-0.2, 0) is 6.54 Å². The maximum atomic E-state index is 9.38. The SMILES string of the molecule is COc1ccc(CNCC2(CCO)CCCCC2)c(OC)c1. The molecule has 124 valence electrons. The van der Waals surface area contributed by atoms with Gasteiger partial charge in [-0.3, -0.25) is 0 Å². The Bertz CT molecular complexity index is 450. The van der Waals surface area contributed by atoms with Crippen LogP contribution in [0, 0.1) is 5.41 Å². The van der Waals surface area contributed by atoms with Gasteiger partial charge in [0, 0.05) is 31.3 Å². The summed E-state index contributed by atoms with van der Waals surface area (Å²) in [5.41, 5.74) is 1.41. The van der Waals surface area contributed by atoms with E-state index in [1.165, 1.54) is 32.1 Å². The van der Waals surface area contributed by atoms with Gasteiger partial charge in [-0.15, -0.1) is 0 Å². The average Bonchev–Trinajstić information content (AvgIpc) is 2.56. The van der Waals surface area contributed by atoms with E-state index in [-0.39, 0.29) is 12.0 Å². The van der Waals surface area contributed by atoms with Crippen molar-refractivity contribution in [3.63, 3.8) is 0 Å². The van der Waals surface area contributed by atoms with Gasteiger partial charge in [-0.2, -0.15) is 0 Å². The van der Waals surface area contributed by atoms with Crippen molar-refractivity contribution < 1.29 is 14.6 Å². The number of ether oxygens (including phenoxy) is 2. The third-order valence-electron chi connectivity index (χ3n) is 4.87. The van der Waals surface area contributed by atoms with Crippen molar-refractivity contribution in [2.45, 2.75) is 45.1 Å². The second-order valence-corrected chi connectivity index (χ2v) is 6.32. The minimum Gasteiger partial charge on any atom is -0.497 e. The Hall–Kier alpha value is -1.26. The number of methoxy groups -OCH3 is 2. The van der Waals surface area contributed by atoms with Gasteiger partial charge in [0.1, 0.15) is 11.5 Å². The van der Waals surface area contributed by atoms with Crippen LogP contribution in [0.15, 0.2) is 18.2 Å².